The topological polar surface area (TPSA) is 52.1 Å². The molecule has 0 saturated carbocycles. The zero-order valence-corrected chi connectivity index (χ0v) is 20.2. The number of ether oxygens (including phenoxy) is 1. The highest BCUT2D eigenvalue weighted by molar-refractivity contribution is 14.0. The molecule has 2 saturated heterocycles. The highest BCUT2D eigenvalue weighted by Gasteiger charge is 2.11. The zero-order valence-electron chi connectivity index (χ0n) is 17.9. The molecule has 2 aliphatic heterocycles. The number of nitrogens with one attached hydrogen (secondary N) is 2. The van der Waals surface area contributed by atoms with Crippen LogP contribution in [0, 0.1) is 0 Å². The van der Waals surface area contributed by atoms with Crippen molar-refractivity contribution in [2.75, 3.05) is 59.0 Å². The van der Waals surface area contributed by atoms with Crippen molar-refractivity contribution in [2.24, 2.45) is 4.99 Å². The quantitative estimate of drug-likeness (QED) is 0.317. The average molecular weight is 515 g/mol. The van der Waals surface area contributed by atoms with E-state index in [-0.39, 0.29) is 24.0 Å². The SMILES string of the molecule is CCNC(=NCc1ccc(CN2CCCCC2)cc1)NCCN1CCOCC1.I. The van der Waals surface area contributed by atoms with Crippen molar-refractivity contribution in [1.29, 1.82) is 0 Å². The summed E-state index contributed by atoms with van der Waals surface area (Å²) >= 11 is 0. The van der Waals surface area contributed by atoms with Crippen molar-refractivity contribution in [1.82, 2.24) is 20.4 Å². The number of hydrogen-bond donors (Lipinski definition) is 2. The third-order valence-electron chi connectivity index (χ3n) is 5.47. The van der Waals surface area contributed by atoms with Crippen LogP contribution >= 0.6 is 24.0 Å². The molecule has 2 aliphatic rings. The minimum Gasteiger partial charge on any atom is -0.379 e. The normalized spacial score (nSPS) is 18.9. The van der Waals surface area contributed by atoms with Gasteiger partial charge in [0, 0.05) is 39.3 Å². The Morgan fingerprint density at radius 1 is 0.931 bits per heavy atom. The van der Waals surface area contributed by atoms with Crippen LogP contribution in [0.25, 0.3) is 0 Å². The van der Waals surface area contributed by atoms with E-state index in [1.165, 1.54) is 43.5 Å². The van der Waals surface area contributed by atoms with Crippen molar-refractivity contribution < 1.29 is 4.74 Å². The molecule has 1 aromatic carbocycles. The Kier molecular flexibility index (Phi) is 11.9. The smallest absolute Gasteiger partial charge is 0.191 e. The molecule has 0 atom stereocenters. The lowest BCUT2D eigenvalue weighted by Crippen LogP contribution is -2.44. The fourth-order valence-corrected chi connectivity index (χ4v) is 3.80. The standard InChI is InChI=1S/C22H37N5O.HI/c1-2-23-22(24-10-13-26-14-16-28-17-15-26)25-18-20-6-8-21(9-7-20)19-27-11-4-3-5-12-27;/h6-9H,2-5,10-19H2,1H3,(H2,23,24,25);1H. The maximum atomic E-state index is 5.40. The Morgan fingerprint density at radius 3 is 2.31 bits per heavy atom. The first-order chi connectivity index (χ1) is 13.8. The molecule has 0 radical (unpaired) electrons. The number of piperidine rings is 1. The molecule has 29 heavy (non-hydrogen) atoms. The molecule has 2 heterocycles. The van der Waals surface area contributed by atoms with Crippen molar-refractivity contribution in [3.8, 4) is 0 Å². The number of hydrogen-bond acceptors (Lipinski definition) is 4. The van der Waals surface area contributed by atoms with E-state index in [0.717, 1.165) is 58.4 Å². The Balaban J connectivity index is 0.00000300. The molecule has 164 valence electrons. The molecule has 0 bridgehead atoms. The number of likely N-dealkylation sites (tertiary alicyclic amines) is 1. The molecule has 2 fully saturated rings. The van der Waals surface area contributed by atoms with E-state index in [4.69, 9.17) is 9.73 Å². The monoisotopic (exact) mass is 515 g/mol. The molecule has 0 aliphatic carbocycles. The van der Waals surface area contributed by atoms with E-state index >= 15 is 0 Å². The summed E-state index contributed by atoms with van der Waals surface area (Å²) in [6, 6.07) is 8.97. The Bertz CT molecular complexity index is 583. The summed E-state index contributed by atoms with van der Waals surface area (Å²) in [4.78, 5) is 9.75. The molecule has 0 amide bonds. The van der Waals surface area contributed by atoms with Gasteiger partial charge >= 0.3 is 0 Å². The molecule has 6 nitrogen and oxygen atoms in total. The molecular weight excluding hydrogens is 477 g/mol. The highest BCUT2D eigenvalue weighted by Crippen LogP contribution is 2.14. The van der Waals surface area contributed by atoms with Gasteiger partial charge in [-0.2, -0.15) is 0 Å². The zero-order chi connectivity index (χ0) is 19.4. The summed E-state index contributed by atoms with van der Waals surface area (Å²) < 4.78 is 5.40. The third kappa shape index (κ3) is 9.19. The van der Waals surface area contributed by atoms with E-state index in [2.05, 4.69) is 51.6 Å². The number of guanidine groups is 1. The minimum absolute atomic E-state index is 0. The van der Waals surface area contributed by atoms with Gasteiger partial charge in [0.1, 0.15) is 0 Å². The van der Waals surface area contributed by atoms with Gasteiger partial charge in [-0.05, 0) is 44.0 Å². The van der Waals surface area contributed by atoms with Crippen LogP contribution in [0.2, 0.25) is 0 Å². The minimum atomic E-state index is 0. The largest absolute Gasteiger partial charge is 0.379 e. The van der Waals surface area contributed by atoms with E-state index in [1.54, 1.807) is 0 Å². The van der Waals surface area contributed by atoms with E-state index in [0.29, 0.717) is 6.54 Å². The first-order valence-corrected chi connectivity index (χ1v) is 11.0. The van der Waals surface area contributed by atoms with Crippen LogP contribution in [-0.4, -0.2) is 74.8 Å². The first kappa shape index (κ1) is 24.4. The van der Waals surface area contributed by atoms with Gasteiger partial charge in [-0.15, -0.1) is 24.0 Å². The van der Waals surface area contributed by atoms with Crippen LogP contribution in [0.3, 0.4) is 0 Å². The van der Waals surface area contributed by atoms with E-state index in [9.17, 15) is 0 Å². The lowest BCUT2D eigenvalue weighted by Gasteiger charge is -2.26. The van der Waals surface area contributed by atoms with Crippen molar-refractivity contribution >= 4 is 29.9 Å². The predicted octanol–water partition coefficient (Wildman–Crippen LogP) is 2.68. The Hall–Kier alpha value is -0.900. The second kappa shape index (κ2) is 14.2. The maximum absolute atomic E-state index is 5.40. The van der Waals surface area contributed by atoms with Crippen molar-refractivity contribution in [3.63, 3.8) is 0 Å². The van der Waals surface area contributed by atoms with Gasteiger partial charge in [-0.1, -0.05) is 30.7 Å². The van der Waals surface area contributed by atoms with Gasteiger partial charge < -0.3 is 15.4 Å². The molecule has 0 aromatic heterocycles. The number of rotatable bonds is 8. The van der Waals surface area contributed by atoms with Crippen LogP contribution in [0.4, 0.5) is 0 Å². The first-order valence-electron chi connectivity index (χ1n) is 11.0. The second-order valence-electron chi connectivity index (χ2n) is 7.73. The molecule has 7 heteroatoms. The van der Waals surface area contributed by atoms with Gasteiger partial charge in [0.15, 0.2) is 5.96 Å². The summed E-state index contributed by atoms with van der Waals surface area (Å²) in [6.45, 7) is 12.9. The number of aliphatic imine (C=N–C) groups is 1. The molecule has 0 unspecified atom stereocenters. The van der Waals surface area contributed by atoms with Crippen molar-refractivity contribution in [2.45, 2.75) is 39.3 Å². The van der Waals surface area contributed by atoms with Crippen LogP contribution < -0.4 is 10.6 Å². The predicted molar refractivity (Wildman–Crippen MR) is 131 cm³/mol. The van der Waals surface area contributed by atoms with Crippen molar-refractivity contribution in [3.05, 3.63) is 35.4 Å². The summed E-state index contributed by atoms with van der Waals surface area (Å²) in [5.41, 5.74) is 2.66. The fraction of sp³-hybridized carbons (Fsp3) is 0.682. The summed E-state index contributed by atoms with van der Waals surface area (Å²) in [6.07, 6.45) is 4.08. The number of benzene rings is 1. The maximum Gasteiger partial charge on any atom is 0.191 e. The van der Waals surface area contributed by atoms with Gasteiger partial charge in [0.25, 0.3) is 0 Å². The summed E-state index contributed by atoms with van der Waals surface area (Å²) in [7, 11) is 0. The van der Waals surface area contributed by atoms with Crippen LogP contribution in [0.1, 0.15) is 37.3 Å². The summed E-state index contributed by atoms with van der Waals surface area (Å²) in [5.74, 6) is 0.896. The van der Waals surface area contributed by atoms with Gasteiger partial charge in [0.05, 0.1) is 19.8 Å². The fourth-order valence-electron chi connectivity index (χ4n) is 3.80. The number of halogens is 1. The van der Waals surface area contributed by atoms with Gasteiger partial charge in [0.2, 0.25) is 0 Å². The van der Waals surface area contributed by atoms with E-state index < -0.39 is 0 Å². The average Bonchev–Trinajstić information content (AvgIpc) is 2.74. The highest BCUT2D eigenvalue weighted by atomic mass is 127. The number of nitrogens with zero attached hydrogens (tertiary/aromatic N) is 3. The molecular formula is C22H38IN5O. The Labute approximate surface area is 193 Å². The van der Waals surface area contributed by atoms with Gasteiger partial charge in [-0.3, -0.25) is 9.80 Å². The molecule has 3 rings (SSSR count). The number of morpholine rings is 1. The summed E-state index contributed by atoms with van der Waals surface area (Å²) in [5, 5.41) is 6.80. The Morgan fingerprint density at radius 2 is 1.62 bits per heavy atom. The second-order valence-corrected chi connectivity index (χ2v) is 7.73. The molecule has 0 spiro atoms. The van der Waals surface area contributed by atoms with Crippen LogP contribution in [-0.2, 0) is 17.8 Å². The van der Waals surface area contributed by atoms with E-state index in [1.807, 2.05) is 0 Å². The lowest BCUT2D eigenvalue weighted by atomic mass is 10.1. The van der Waals surface area contributed by atoms with Gasteiger partial charge in [-0.25, -0.2) is 4.99 Å². The molecule has 2 N–H and O–H groups in total. The van der Waals surface area contributed by atoms with Crippen LogP contribution in [0.15, 0.2) is 29.3 Å². The van der Waals surface area contributed by atoms with Crippen LogP contribution in [0.5, 0.6) is 0 Å². The molecule has 1 aromatic rings. The third-order valence-corrected chi connectivity index (χ3v) is 5.47. The lowest BCUT2D eigenvalue weighted by molar-refractivity contribution is 0.0389.